The molecule has 1 heterocycles. The van der Waals surface area contributed by atoms with Crippen LogP contribution in [0.1, 0.15) is 11.1 Å². The molecule has 0 bridgehead atoms. The summed E-state index contributed by atoms with van der Waals surface area (Å²) < 4.78 is 0. The standard InChI is InChI=1S/C14H14.C3H7N3O/c1-3-7-13(8-4-1)11-12-14-9-5-2-6-10-14;7-3-5-1-4-2-6-3/h1-10H,11-12H2;4H,1-2H2,(H2,5,6,7). The van der Waals surface area contributed by atoms with Crippen molar-refractivity contribution in [3.63, 3.8) is 0 Å². The van der Waals surface area contributed by atoms with Crippen molar-refractivity contribution < 1.29 is 4.79 Å². The zero-order chi connectivity index (χ0) is 14.8. The zero-order valence-electron chi connectivity index (χ0n) is 12.0. The molecule has 2 aromatic rings. The second kappa shape index (κ2) is 8.76. The van der Waals surface area contributed by atoms with Crippen LogP contribution in [0.2, 0.25) is 0 Å². The number of nitrogens with one attached hydrogen (secondary N) is 3. The summed E-state index contributed by atoms with van der Waals surface area (Å²) in [6.45, 7) is 1.15. The lowest BCUT2D eigenvalue weighted by Crippen LogP contribution is -2.51. The first kappa shape index (κ1) is 15.1. The summed E-state index contributed by atoms with van der Waals surface area (Å²) in [6.07, 6.45) is 2.26. The zero-order valence-corrected chi connectivity index (χ0v) is 12.0. The summed E-state index contributed by atoms with van der Waals surface area (Å²) in [4.78, 5) is 10.2. The van der Waals surface area contributed by atoms with Crippen molar-refractivity contribution >= 4 is 6.03 Å². The fourth-order valence-corrected chi connectivity index (χ4v) is 1.99. The van der Waals surface area contributed by atoms with Crippen molar-refractivity contribution in [3.05, 3.63) is 71.8 Å². The molecule has 1 aliphatic heterocycles. The van der Waals surface area contributed by atoms with E-state index in [1.54, 1.807) is 0 Å². The molecule has 1 fully saturated rings. The summed E-state index contributed by atoms with van der Waals surface area (Å²) in [5.41, 5.74) is 2.83. The molecule has 21 heavy (non-hydrogen) atoms. The minimum atomic E-state index is -0.0984. The molecule has 4 heteroatoms. The normalized spacial score (nSPS) is 13.4. The molecule has 1 aliphatic rings. The van der Waals surface area contributed by atoms with Crippen LogP contribution in [0.25, 0.3) is 0 Å². The van der Waals surface area contributed by atoms with Gasteiger partial charge in [-0.1, -0.05) is 60.7 Å². The van der Waals surface area contributed by atoms with Crippen molar-refractivity contribution in [1.82, 2.24) is 16.0 Å². The van der Waals surface area contributed by atoms with Gasteiger partial charge in [-0.2, -0.15) is 0 Å². The van der Waals surface area contributed by atoms with Crippen molar-refractivity contribution in [3.8, 4) is 0 Å². The molecule has 3 N–H and O–H groups in total. The van der Waals surface area contributed by atoms with E-state index in [4.69, 9.17) is 0 Å². The first-order valence-electron chi connectivity index (χ1n) is 7.15. The maximum Gasteiger partial charge on any atom is 0.316 e. The van der Waals surface area contributed by atoms with E-state index in [-0.39, 0.29) is 6.03 Å². The van der Waals surface area contributed by atoms with Crippen LogP contribution in [0, 0.1) is 0 Å². The number of aryl methyl sites for hydroxylation is 2. The van der Waals surface area contributed by atoms with Gasteiger partial charge in [0.15, 0.2) is 0 Å². The van der Waals surface area contributed by atoms with Gasteiger partial charge in [0.25, 0.3) is 0 Å². The predicted octanol–water partition coefficient (Wildman–Crippen LogP) is 2.28. The van der Waals surface area contributed by atoms with E-state index in [1.807, 2.05) is 0 Å². The lowest BCUT2D eigenvalue weighted by molar-refractivity contribution is 0.233. The van der Waals surface area contributed by atoms with Gasteiger partial charge in [0.05, 0.1) is 13.3 Å². The van der Waals surface area contributed by atoms with E-state index in [1.165, 1.54) is 11.1 Å². The van der Waals surface area contributed by atoms with Gasteiger partial charge in [-0.25, -0.2) is 4.79 Å². The van der Waals surface area contributed by atoms with Crippen molar-refractivity contribution in [2.75, 3.05) is 13.3 Å². The van der Waals surface area contributed by atoms with E-state index in [9.17, 15) is 4.79 Å². The molecule has 110 valence electrons. The van der Waals surface area contributed by atoms with Crippen LogP contribution < -0.4 is 16.0 Å². The highest BCUT2D eigenvalue weighted by Crippen LogP contribution is 2.06. The molecule has 4 nitrogen and oxygen atoms in total. The molecule has 0 spiro atoms. The Morgan fingerprint density at radius 2 is 1.14 bits per heavy atom. The van der Waals surface area contributed by atoms with Gasteiger partial charge < -0.3 is 10.6 Å². The maximum atomic E-state index is 10.2. The molecule has 0 unspecified atom stereocenters. The van der Waals surface area contributed by atoms with Gasteiger partial charge in [0.1, 0.15) is 0 Å². The molecule has 0 aromatic heterocycles. The number of carbonyl (C=O) groups is 1. The summed E-state index contributed by atoms with van der Waals surface area (Å²) in [5.74, 6) is 0. The lowest BCUT2D eigenvalue weighted by atomic mass is 10.0. The molecular formula is C17H21N3O. The van der Waals surface area contributed by atoms with E-state index >= 15 is 0 Å². The van der Waals surface area contributed by atoms with Gasteiger partial charge in [0.2, 0.25) is 0 Å². The summed E-state index contributed by atoms with van der Waals surface area (Å²) >= 11 is 0. The van der Waals surface area contributed by atoms with E-state index < -0.39 is 0 Å². The third-order valence-corrected chi connectivity index (χ3v) is 3.14. The monoisotopic (exact) mass is 283 g/mol. The van der Waals surface area contributed by atoms with Gasteiger partial charge in [-0.3, -0.25) is 5.32 Å². The number of hydrogen-bond donors (Lipinski definition) is 3. The third-order valence-electron chi connectivity index (χ3n) is 3.14. The van der Waals surface area contributed by atoms with Crippen molar-refractivity contribution in [2.24, 2.45) is 0 Å². The number of urea groups is 1. The quantitative estimate of drug-likeness (QED) is 0.809. The highest BCUT2D eigenvalue weighted by molar-refractivity contribution is 5.74. The first-order chi connectivity index (χ1) is 10.3. The molecule has 2 amide bonds. The topological polar surface area (TPSA) is 53.2 Å². The van der Waals surface area contributed by atoms with Gasteiger partial charge in [0, 0.05) is 0 Å². The Bertz CT molecular complexity index is 481. The maximum absolute atomic E-state index is 10.2. The second-order valence-electron chi connectivity index (χ2n) is 4.76. The Morgan fingerprint density at radius 3 is 1.48 bits per heavy atom. The van der Waals surface area contributed by atoms with Gasteiger partial charge in [-0.05, 0) is 24.0 Å². The Labute approximate surface area is 125 Å². The molecule has 0 atom stereocenters. The highest BCUT2D eigenvalue weighted by Gasteiger charge is 2.00. The average molecular weight is 283 g/mol. The average Bonchev–Trinajstić information content (AvgIpc) is 2.56. The summed E-state index contributed by atoms with van der Waals surface area (Å²) in [5, 5.41) is 7.91. The third kappa shape index (κ3) is 6.10. The Balaban J connectivity index is 0.000000194. The van der Waals surface area contributed by atoms with Crippen LogP contribution in [0.4, 0.5) is 4.79 Å². The summed E-state index contributed by atoms with van der Waals surface area (Å²) in [6, 6.07) is 21.1. The van der Waals surface area contributed by atoms with E-state index in [2.05, 4.69) is 76.6 Å². The molecule has 3 rings (SSSR count). The largest absolute Gasteiger partial charge is 0.326 e. The molecular weight excluding hydrogens is 262 g/mol. The number of benzene rings is 2. The first-order valence-corrected chi connectivity index (χ1v) is 7.15. The smallest absolute Gasteiger partial charge is 0.316 e. The highest BCUT2D eigenvalue weighted by atomic mass is 16.2. The SMILES string of the molecule is O=C1NCNCN1.c1ccc(CCc2ccccc2)cc1. The van der Waals surface area contributed by atoms with Crippen LogP contribution in [-0.4, -0.2) is 19.4 Å². The fourth-order valence-electron chi connectivity index (χ4n) is 1.99. The molecule has 0 saturated carbocycles. The lowest BCUT2D eigenvalue weighted by Gasteiger charge is -2.13. The van der Waals surface area contributed by atoms with Crippen LogP contribution in [0.15, 0.2) is 60.7 Å². The van der Waals surface area contributed by atoms with Crippen LogP contribution in [0.5, 0.6) is 0 Å². The number of hydrogen-bond acceptors (Lipinski definition) is 2. The number of carbonyl (C=O) groups excluding carboxylic acids is 1. The minimum absolute atomic E-state index is 0.0984. The van der Waals surface area contributed by atoms with Crippen LogP contribution >= 0.6 is 0 Å². The van der Waals surface area contributed by atoms with Gasteiger partial charge >= 0.3 is 6.03 Å². The fraction of sp³-hybridized carbons (Fsp3) is 0.235. The second-order valence-corrected chi connectivity index (χ2v) is 4.76. The number of rotatable bonds is 3. The Kier molecular flexibility index (Phi) is 6.29. The Morgan fingerprint density at radius 1 is 0.714 bits per heavy atom. The summed E-state index contributed by atoms with van der Waals surface area (Å²) in [7, 11) is 0. The number of amides is 2. The van der Waals surface area contributed by atoms with Crippen molar-refractivity contribution in [1.29, 1.82) is 0 Å². The molecule has 0 radical (unpaired) electrons. The Hall–Kier alpha value is -2.33. The van der Waals surface area contributed by atoms with Gasteiger partial charge in [-0.15, -0.1) is 0 Å². The van der Waals surface area contributed by atoms with Crippen LogP contribution in [0.3, 0.4) is 0 Å². The molecule has 1 saturated heterocycles. The minimum Gasteiger partial charge on any atom is -0.326 e. The molecule has 2 aromatic carbocycles. The van der Waals surface area contributed by atoms with Crippen molar-refractivity contribution in [2.45, 2.75) is 12.8 Å². The van der Waals surface area contributed by atoms with E-state index in [0.717, 1.165) is 12.8 Å². The molecule has 0 aliphatic carbocycles. The van der Waals surface area contributed by atoms with Crippen LogP contribution in [-0.2, 0) is 12.8 Å². The predicted molar refractivity (Wildman–Crippen MR) is 84.8 cm³/mol. The van der Waals surface area contributed by atoms with E-state index in [0.29, 0.717) is 13.3 Å².